The molecule has 0 saturated carbocycles. The van der Waals surface area contributed by atoms with Gasteiger partial charge in [-0.15, -0.1) is 0 Å². The van der Waals surface area contributed by atoms with Crippen molar-refractivity contribution in [3.05, 3.63) is 48.5 Å². The summed E-state index contributed by atoms with van der Waals surface area (Å²) < 4.78 is 5.56. The molecule has 15 heavy (non-hydrogen) atoms. The Labute approximate surface area is 86.9 Å². The Balaban J connectivity index is 2.39. The van der Waals surface area contributed by atoms with Gasteiger partial charge in [-0.2, -0.15) is 0 Å². The first-order valence-corrected chi connectivity index (χ1v) is 5.06. The molecule has 0 atom stereocenters. The van der Waals surface area contributed by atoms with Gasteiger partial charge in [0.2, 0.25) is 0 Å². The highest BCUT2D eigenvalue weighted by atomic mass is 16.6. The van der Waals surface area contributed by atoms with Crippen molar-refractivity contribution < 1.29 is 4.74 Å². The summed E-state index contributed by atoms with van der Waals surface area (Å²) >= 11 is 0. The van der Waals surface area contributed by atoms with Crippen molar-refractivity contribution in [3.8, 4) is 11.5 Å². The maximum Gasteiger partial charge on any atom is 0.178 e. The third kappa shape index (κ3) is 0.827. The topological polar surface area (TPSA) is 12.5 Å². The summed E-state index contributed by atoms with van der Waals surface area (Å²) in [5, 5.41) is 5.02. The summed E-state index contributed by atoms with van der Waals surface area (Å²) in [5.74, 6) is 2.12. The minimum Gasteiger partial charge on any atom is -0.448 e. The monoisotopic (exact) mass is 192 g/mol. The van der Waals surface area contributed by atoms with Crippen LogP contribution in [0.25, 0.3) is 21.5 Å². The van der Waals surface area contributed by atoms with Crippen LogP contribution in [0, 0.1) is 0 Å². The Morgan fingerprint density at radius 1 is 0.533 bits per heavy atom. The third-order valence-electron chi connectivity index (χ3n) is 3.00. The first-order chi connectivity index (χ1) is 7.45. The van der Waals surface area contributed by atoms with Crippen LogP contribution in [0.1, 0.15) is 0 Å². The number of hydrogen-bond acceptors (Lipinski definition) is 1. The molecule has 1 heteroatoms. The molecule has 4 rings (SSSR count). The van der Waals surface area contributed by atoms with E-state index in [4.69, 9.17) is 4.74 Å². The average Bonchev–Trinajstić information content (AvgIpc) is 3.10. The zero-order valence-corrected chi connectivity index (χ0v) is 8.03. The van der Waals surface area contributed by atoms with Gasteiger partial charge < -0.3 is 4.74 Å². The maximum absolute atomic E-state index is 5.56. The molecule has 0 radical (unpaired) electrons. The van der Waals surface area contributed by atoms with Crippen molar-refractivity contribution in [1.82, 2.24) is 0 Å². The quantitative estimate of drug-likeness (QED) is 0.302. The van der Waals surface area contributed by atoms with Crippen LogP contribution in [0.5, 0.6) is 11.5 Å². The number of hydrogen-bond donors (Lipinski definition) is 0. The molecule has 0 N–H and O–H groups in total. The summed E-state index contributed by atoms with van der Waals surface area (Å²) in [7, 11) is 0. The van der Waals surface area contributed by atoms with Gasteiger partial charge >= 0.3 is 0 Å². The molecular weight excluding hydrogens is 184 g/mol. The summed E-state index contributed by atoms with van der Waals surface area (Å²) in [4.78, 5) is 0. The van der Waals surface area contributed by atoms with Crippen LogP contribution in [0.15, 0.2) is 48.5 Å². The summed E-state index contributed by atoms with van der Waals surface area (Å²) in [6.07, 6.45) is 0. The van der Waals surface area contributed by atoms with Crippen LogP contribution in [-0.4, -0.2) is 0 Å². The molecule has 0 aliphatic carbocycles. The second-order valence-corrected chi connectivity index (χ2v) is 3.85. The van der Waals surface area contributed by atoms with E-state index in [2.05, 4.69) is 48.5 Å². The molecule has 0 amide bonds. The molecule has 3 aromatic carbocycles. The van der Waals surface area contributed by atoms with Crippen molar-refractivity contribution in [2.24, 2.45) is 0 Å². The highest BCUT2D eigenvalue weighted by molar-refractivity contribution is 6.16. The number of rotatable bonds is 0. The Kier molecular flexibility index (Phi) is 1.13. The normalized spacial score (nSPS) is 12.5. The van der Waals surface area contributed by atoms with Gasteiger partial charge in [0.05, 0.1) is 0 Å². The van der Waals surface area contributed by atoms with E-state index in [0.29, 0.717) is 0 Å². The van der Waals surface area contributed by atoms with Crippen molar-refractivity contribution in [1.29, 1.82) is 0 Å². The molecule has 0 aromatic heterocycles. The lowest BCUT2D eigenvalue weighted by Crippen LogP contribution is -1.71. The number of fused-ring (bicyclic) bond motifs is 6. The van der Waals surface area contributed by atoms with E-state index >= 15 is 0 Å². The predicted octanol–water partition coefficient (Wildman–Crippen LogP) is 4.10. The van der Waals surface area contributed by atoms with Crippen molar-refractivity contribution in [2.75, 3.05) is 0 Å². The van der Waals surface area contributed by atoms with E-state index in [1.165, 1.54) is 21.5 Å². The van der Waals surface area contributed by atoms with Crippen LogP contribution in [0.4, 0.5) is 0 Å². The number of ether oxygens (including phenoxy) is 1. The van der Waals surface area contributed by atoms with Crippen LogP contribution in [0.3, 0.4) is 0 Å². The molecular formula is C14H8O. The molecule has 3 aromatic rings. The molecule has 1 aliphatic rings. The van der Waals surface area contributed by atoms with Gasteiger partial charge in [-0.05, 0) is 10.8 Å². The van der Waals surface area contributed by atoms with Crippen molar-refractivity contribution in [2.45, 2.75) is 0 Å². The lowest BCUT2D eigenvalue weighted by molar-refractivity contribution is 0.657. The predicted molar refractivity (Wildman–Crippen MR) is 61.5 cm³/mol. The number of benzene rings is 3. The standard InChI is InChI=1S/C14H8O/c1-3-7-11-9(5-1)10-6-2-4-8-12(10)14-13(11)15-14/h1-8H. The third-order valence-corrected chi connectivity index (χ3v) is 3.00. The van der Waals surface area contributed by atoms with E-state index < -0.39 is 0 Å². The van der Waals surface area contributed by atoms with Gasteiger partial charge in [-0.1, -0.05) is 48.5 Å². The van der Waals surface area contributed by atoms with Gasteiger partial charge in [-0.25, -0.2) is 0 Å². The van der Waals surface area contributed by atoms with Crippen LogP contribution >= 0.6 is 0 Å². The summed E-state index contributed by atoms with van der Waals surface area (Å²) in [6, 6.07) is 16.8. The fourth-order valence-corrected chi connectivity index (χ4v) is 2.26. The van der Waals surface area contributed by atoms with Crippen molar-refractivity contribution in [3.63, 3.8) is 0 Å². The first-order valence-electron chi connectivity index (χ1n) is 5.06. The van der Waals surface area contributed by atoms with E-state index in [9.17, 15) is 0 Å². The molecule has 1 nitrogen and oxygen atoms in total. The smallest absolute Gasteiger partial charge is 0.178 e. The lowest BCUT2D eigenvalue weighted by atomic mass is 10.0. The van der Waals surface area contributed by atoms with Gasteiger partial charge in [0.15, 0.2) is 11.5 Å². The van der Waals surface area contributed by atoms with Gasteiger partial charge in [0, 0.05) is 10.8 Å². The van der Waals surface area contributed by atoms with E-state index in [1.807, 2.05) is 0 Å². The lowest BCUT2D eigenvalue weighted by Gasteiger charge is -1.98. The van der Waals surface area contributed by atoms with Gasteiger partial charge in [0.1, 0.15) is 0 Å². The molecule has 70 valence electrons. The van der Waals surface area contributed by atoms with Crippen molar-refractivity contribution >= 4 is 21.5 Å². The second-order valence-electron chi connectivity index (χ2n) is 3.85. The average molecular weight is 192 g/mol. The Morgan fingerprint density at radius 3 is 1.40 bits per heavy atom. The van der Waals surface area contributed by atoms with Crippen LogP contribution in [0.2, 0.25) is 0 Å². The summed E-state index contributed by atoms with van der Waals surface area (Å²) in [5.41, 5.74) is 0. The molecule has 1 aliphatic heterocycles. The first kappa shape index (κ1) is 7.30. The molecule has 1 heterocycles. The molecule has 0 spiro atoms. The fourth-order valence-electron chi connectivity index (χ4n) is 2.26. The Morgan fingerprint density at radius 2 is 0.933 bits per heavy atom. The highest BCUT2D eigenvalue weighted by Gasteiger charge is 2.27. The zero-order chi connectivity index (χ0) is 9.83. The van der Waals surface area contributed by atoms with E-state index in [1.54, 1.807) is 0 Å². The minimum absolute atomic E-state index is 1.06. The molecule has 0 saturated heterocycles. The highest BCUT2D eigenvalue weighted by Crippen LogP contribution is 2.55. The molecule has 0 bridgehead atoms. The minimum atomic E-state index is 1.06. The molecule has 0 fully saturated rings. The fraction of sp³-hybridized carbons (Fsp3) is 0. The van der Waals surface area contributed by atoms with E-state index in [-0.39, 0.29) is 0 Å². The van der Waals surface area contributed by atoms with E-state index in [0.717, 1.165) is 11.5 Å². The Hall–Kier alpha value is -2.02. The molecule has 0 unspecified atom stereocenters. The second kappa shape index (κ2) is 2.31. The zero-order valence-electron chi connectivity index (χ0n) is 8.03. The maximum atomic E-state index is 5.56. The Bertz CT molecular complexity index is 637. The summed E-state index contributed by atoms with van der Waals surface area (Å²) in [6.45, 7) is 0. The van der Waals surface area contributed by atoms with Gasteiger partial charge in [0.25, 0.3) is 0 Å². The largest absolute Gasteiger partial charge is 0.448 e. The van der Waals surface area contributed by atoms with Crippen LogP contribution < -0.4 is 4.74 Å². The SMILES string of the molecule is c1ccc2c(c1)c1c(c3ccccc32)O1. The van der Waals surface area contributed by atoms with Crippen LogP contribution in [-0.2, 0) is 0 Å². The van der Waals surface area contributed by atoms with Gasteiger partial charge in [-0.3, -0.25) is 0 Å².